The van der Waals surface area contributed by atoms with Gasteiger partial charge in [-0.1, -0.05) is 18.2 Å². The number of benzene rings is 4. The molecular formula is C55H59N5O8S. The topological polar surface area (TPSA) is 147 Å². The molecule has 2 aliphatic carbocycles. The first-order chi connectivity index (χ1) is 33.4. The molecule has 358 valence electrons. The minimum Gasteiger partial charge on any atom is -0.493 e. The molecule has 0 saturated heterocycles. The first kappa shape index (κ1) is 46.4. The predicted octanol–water partition coefficient (Wildman–Crippen LogP) is 9.30. The monoisotopic (exact) mass is 949 g/mol. The third kappa shape index (κ3) is 9.20. The van der Waals surface area contributed by atoms with Crippen molar-refractivity contribution in [2.45, 2.75) is 95.4 Å². The highest BCUT2D eigenvalue weighted by Crippen LogP contribution is 2.43. The van der Waals surface area contributed by atoms with Crippen molar-refractivity contribution in [3.63, 3.8) is 0 Å². The van der Waals surface area contributed by atoms with Gasteiger partial charge in [-0.3, -0.25) is 43.8 Å². The first-order valence-electron chi connectivity index (χ1n) is 24.4. The fourth-order valence-electron chi connectivity index (χ4n) is 11.1. The standard InChI is InChI=1S/C55H59N5O8S/c1-32-21-41-44(27-49(32)67-18-8-19-68-51-28-45-42(26-50(51)66-4)55(65)59-39(30-57-45)23-36-9-5-6-10-46(36)59)56-31-40-25-37-24-38(15-16-47(37)60(40)54(41)64)58(3)17-7-20-69-52-29-48(62)43(53(52)63)22-34-11-13-35(14-12-34)33(2)61/h5-6,9-10,15-16,21,24,26-28,30-31,34-35,39-40,43,52H,7-8,11-14,17-20,22-23,25,29H2,1-4H3/t34?,35?,39-,40-,43?,52?/m0/s1. The number of Topliss-reactive ketones (excluding diaryl/α,β-unsaturated/α-hetero) is 3. The summed E-state index contributed by atoms with van der Waals surface area (Å²) in [4.78, 5) is 81.4. The fraction of sp³-hybridized carbons (Fsp3) is 0.436. The number of aliphatic imine (C=N–C) groups is 2. The van der Waals surface area contributed by atoms with E-state index in [0.29, 0.717) is 84.6 Å². The van der Waals surface area contributed by atoms with E-state index in [1.807, 2.05) is 71.6 Å². The van der Waals surface area contributed by atoms with E-state index in [1.54, 1.807) is 37.9 Å². The number of aryl methyl sites for hydroxylation is 1. The Morgan fingerprint density at radius 3 is 2.12 bits per heavy atom. The summed E-state index contributed by atoms with van der Waals surface area (Å²) in [6.45, 7) is 5.09. The number of nitrogens with zero attached hydrogens (tertiary/aromatic N) is 5. The lowest BCUT2D eigenvalue weighted by Crippen LogP contribution is -2.37. The summed E-state index contributed by atoms with van der Waals surface area (Å²) in [5.41, 5.74) is 8.01. The van der Waals surface area contributed by atoms with E-state index in [1.165, 1.54) is 0 Å². The number of ketones is 3. The molecular weight excluding hydrogens is 891 g/mol. The van der Waals surface area contributed by atoms with Gasteiger partial charge in [-0.05, 0) is 117 Å². The second kappa shape index (κ2) is 19.6. The van der Waals surface area contributed by atoms with Crippen LogP contribution in [0.5, 0.6) is 17.2 Å². The Bertz CT molecular complexity index is 2780. The maximum Gasteiger partial charge on any atom is 0.261 e. The molecule has 13 nitrogen and oxygen atoms in total. The summed E-state index contributed by atoms with van der Waals surface area (Å²) in [5, 5.41) is -0.256. The largest absolute Gasteiger partial charge is 0.493 e. The van der Waals surface area contributed by atoms with E-state index in [2.05, 4.69) is 24.1 Å². The molecule has 4 atom stereocenters. The van der Waals surface area contributed by atoms with Crippen molar-refractivity contribution in [1.29, 1.82) is 0 Å². The Labute approximate surface area is 407 Å². The maximum absolute atomic E-state index is 14.2. The van der Waals surface area contributed by atoms with Crippen LogP contribution in [0.4, 0.5) is 28.4 Å². The predicted molar refractivity (Wildman–Crippen MR) is 271 cm³/mol. The molecule has 2 fully saturated rings. The number of hydrogen-bond donors (Lipinski definition) is 0. The Morgan fingerprint density at radius 1 is 0.754 bits per heavy atom. The average Bonchev–Trinajstić information content (AvgIpc) is 3.94. The highest BCUT2D eigenvalue weighted by atomic mass is 32.2. The molecule has 0 spiro atoms. The van der Waals surface area contributed by atoms with Crippen molar-refractivity contribution in [2.24, 2.45) is 27.7 Å². The zero-order valence-electron chi connectivity index (χ0n) is 39.8. The summed E-state index contributed by atoms with van der Waals surface area (Å²) in [7, 11) is 3.62. The Kier molecular flexibility index (Phi) is 13.2. The summed E-state index contributed by atoms with van der Waals surface area (Å²) >= 11 is 1.62. The third-order valence-electron chi connectivity index (χ3n) is 15.0. The van der Waals surface area contributed by atoms with Gasteiger partial charge in [0.15, 0.2) is 17.3 Å². The number of amides is 2. The molecule has 0 aromatic heterocycles. The molecule has 2 saturated carbocycles. The second-order valence-electron chi connectivity index (χ2n) is 19.4. The van der Waals surface area contributed by atoms with Crippen molar-refractivity contribution < 1.29 is 38.2 Å². The lowest BCUT2D eigenvalue weighted by Gasteiger charge is -2.28. The first-order valence-corrected chi connectivity index (χ1v) is 25.5. The number of anilines is 3. The van der Waals surface area contributed by atoms with E-state index in [4.69, 9.17) is 24.2 Å². The Balaban J connectivity index is 0.700. The smallest absolute Gasteiger partial charge is 0.261 e. The zero-order chi connectivity index (χ0) is 47.9. The molecule has 0 bridgehead atoms. The number of fused-ring (bicyclic) bond motifs is 8. The van der Waals surface area contributed by atoms with E-state index < -0.39 is 5.92 Å². The van der Waals surface area contributed by atoms with Crippen LogP contribution in [0.3, 0.4) is 0 Å². The number of rotatable bonds is 16. The maximum atomic E-state index is 14.2. The van der Waals surface area contributed by atoms with Crippen LogP contribution in [0.25, 0.3) is 0 Å². The molecule has 2 unspecified atom stereocenters. The number of methoxy groups -OCH3 is 1. The molecule has 69 heavy (non-hydrogen) atoms. The Hall–Kier alpha value is -6.28. The van der Waals surface area contributed by atoms with Crippen LogP contribution in [-0.4, -0.2) is 98.6 Å². The van der Waals surface area contributed by atoms with Crippen molar-refractivity contribution in [3.8, 4) is 17.2 Å². The van der Waals surface area contributed by atoms with Gasteiger partial charge in [0.05, 0.1) is 66.1 Å². The summed E-state index contributed by atoms with van der Waals surface area (Å²) < 4.78 is 18.1. The van der Waals surface area contributed by atoms with Gasteiger partial charge in [-0.15, -0.1) is 0 Å². The highest BCUT2D eigenvalue weighted by Gasteiger charge is 2.43. The molecule has 6 aliphatic rings. The molecule has 10 rings (SSSR count). The van der Waals surface area contributed by atoms with Crippen LogP contribution in [0.15, 0.2) is 76.7 Å². The van der Waals surface area contributed by atoms with Gasteiger partial charge in [-0.2, -0.15) is 11.8 Å². The third-order valence-corrected chi connectivity index (χ3v) is 16.3. The van der Waals surface area contributed by atoms with Gasteiger partial charge in [0.25, 0.3) is 11.8 Å². The molecule has 0 N–H and O–H groups in total. The second-order valence-corrected chi connectivity index (χ2v) is 20.7. The summed E-state index contributed by atoms with van der Waals surface area (Å²) in [5.74, 6) is 2.65. The number of hydrogen-bond acceptors (Lipinski definition) is 12. The van der Waals surface area contributed by atoms with E-state index in [0.717, 1.165) is 84.6 Å². The van der Waals surface area contributed by atoms with Crippen LogP contribution in [0.2, 0.25) is 0 Å². The fourth-order valence-corrected chi connectivity index (χ4v) is 12.3. The normalized spacial score (nSPS) is 23.1. The summed E-state index contributed by atoms with van der Waals surface area (Å²) in [6.07, 6.45) is 11.1. The number of thioether (sulfide) groups is 1. The van der Waals surface area contributed by atoms with Gasteiger partial charge >= 0.3 is 0 Å². The SMILES string of the molecule is COc1cc2c(cc1OCCCOc1cc3c(cc1C)C(=O)N1c4ccc(N(C)CCCSC5CC(=O)C(CC6CCC(C(C)=O)CC6)C5=O)cc4C[C@H]1C=N3)N=C[C@@H]1Cc3ccccc3N1C2=O. The van der Waals surface area contributed by atoms with Crippen molar-refractivity contribution in [2.75, 3.05) is 54.4 Å². The van der Waals surface area contributed by atoms with Crippen molar-refractivity contribution in [3.05, 3.63) is 94.5 Å². The number of ether oxygens (including phenoxy) is 3. The van der Waals surface area contributed by atoms with Crippen molar-refractivity contribution >= 4 is 81.8 Å². The lowest BCUT2D eigenvalue weighted by atomic mass is 9.76. The minimum absolute atomic E-state index is 0.0914. The number of carbonyl (C=O) groups excluding carboxylic acids is 5. The van der Waals surface area contributed by atoms with Gasteiger partial charge in [-0.25, -0.2) is 0 Å². The van der Waals surface area contributed by atoms with Gasteiger partial charge < -0.3 is 19.1 Å². The molecule has 14 heteroatoms. The van der Waals surface area contributed by atoms with Crippen LogP contribution in [-0.2, 0) is 27.2 Å². The zero-order valence-corrected chi connectivity index (χ0v) is 40.6. The number of carbonyl (C=O) groups is 5. The molecule has 0 radical (unpaired) electrons. The van der Waals surface area contributed by atoms with Gasteiger partial charge in [0, 0.05) is 86.8 Å². The average molecular weight is 950 g/mol. The van der Waals surface area contributed by atoms with E-state index in [9.17, 15) is 24.0 Å². The van der Waals surface area contributed by atoms with E-state index >= 15 is 0 Å². The molecule has 4 aromatic carbocycles. The minimum atomic E-state index is -0.474. The van der Waals surface area contributed by atoms with Crippen LogP contribution in [0.1, 0.15) is 95.7 Å². The highest BCUT2D eigenvalue weighted by molar-refractivity contribution is 8.00. The van der Waals surface area contributed by atoms with Crippen molar-refractivity contribution in [1.82, 2.24) is 0 Å². The molecule has 2 amide bonds. The van der Waals surface area contributed by atoms with Crippen LogP contribution in [0, 0.1) is 24.7 Å². The molecule has 4 aliphatic heterocycles. The van der Waals surface area contributed by atoms with Crippen LogP contribution >= 0.6 is 11.8 Å². The number of para-hydroxylation sites is 1. The van der Waals surface area contributed by atoms with Gasteiger partial charge in [0.1, 0.15) is 17.3 Å². The van der Waals surface area contributed by atoms with Crippen LogP contribution < -0.4 is 28.9 Å². The quantitative estimate of drug-likeness (QED) is 0.0787. The molecule has 4 aromatic rings. The van der Waals surface area contributed by atoms with E-state index in [-0.39, 0.29) is 52.4 Å². The lowest BCUT2D eigenvalue weighted by molar-refractivity contribution is -0.128. The Morgan fingerprint density at radius 2 is 1.41 bits per heavy atom. The molecule has 4 heterocycles. The van der Waals surface area contributed by atoms with Gasteiger partial charge in [0.2, 0.25) is 0 Å². The summed E-state index contributed by atoms with van der Waals surface area (Å²) in [6, 6.07) is 21.0.